The minimum absolute atomic E-state index is 0. The summed E-state index contributed by atoms with van der Waals surface area (Å²) >= 11 is 0. The van der Waals surface area contributed by atoms with Crippen molar-refractivity contribution in [2.24, 2.45) is 0 Å². The highest BCUT2D eigenvalue weighted by Crippen LogP contribution is 2.25. The van der Waals surface area contributed by atoms with Crippen molar-refractivity contribution >= 4 is 46.0 Å². The SMILES string of the molecule is Cl.Oc1cc2cc(Nc3ncnc4nc[nH]c34)ccc2[nH]1. The van der Waals surface area contributed by atoms with Gasteiger partial charge in [0.25, 0.3) is 0 Å². The molecule has 0 atom stereocenters. The lowest BCUT2D eigenvalue weighted by Gasteiger charge is -2.05. The van der Waals surface area contributed by atoms with Gasteiger partial charge in [-0.25, -0.2) is 15.0 Å². The predicted octanol–water partition coefficient (Wildman–Crippen LogP) is 2.71. The molecule has 0 fully saturated rings. The van der Waals surface area contributed by atoms with Crippen LogP contribution in [0.15, 0.2) is 36.9 Å². The van der Waals surface area contributed by atoms with Gasteiger partial charge in [0.05, 0.1) is 6.33 Å². The van der Waals surface area contributed by atoms with E-state index in [4.69, 9.17) is 0 Å². The first-order chi connectivity index (χ1) is 9.79. The van der Waals surface area contributed by atoms with Crippen LogP contribution in [0, 0.1) is 0 Å². The van der Waals surface area contributed by atoms with E-state index in [2.05, 4.69) is 30.2 Å². The molecule has 0 saturated carbocycles. The number of nitrogens with zero attached hydrogens (tertiary/aromatic N) is 3. The Morgan fingerprint density at radius 2 is 2.00 bits per heavy atom. The van der Waals surface area contributed by atoms with Crippen molar-refractivity contribution in [1.82, 2.24) is 24.9 Å². The van der Waals surface area contributed by atoms with Gasteiger partial charge < -0.3 is 20.4 Å². The van der Waals surface area contributed by atoms with Gasteiger partial charge in [-0.1, -0.05) is 0 Å². The third kappa shape index (κ3) is 2.23. The van der Waals surface area contributed by atoms with Gasteiger partial charge in [-0.15, -0.1) is 12.4 Å². The largest absolute Gasteiger partial charge is 0.495 e. The molecule has 1 aromatic carbocycles. The quantitative estimate of drug-likeness (QED) is 0.456. The van der Waals surface area contributed by atoms with Gasteiger partial charge in [0.15, 0.2) is 17.3 Å². The fraction of sp³-hybridized carbons (Fsp3) is 0. The van der Waals surface area contributed by atoms with E-state index in [0.717, 1.165) is 22.1 Å². The van der Waals surface area contributed by atoms with Gasteiger partial charge in [-0.3, -0.25) is 0 Å². The summed E-state index contributed by atoms with van der Waals surface area (Å²) in [5.41, 5.74) is 3.11. The lowest BCUT2D eigenvalue weighted by Crippen LogP contribution is -1.95. The number of imidazole rings is 1. The Morgan fingerprint density at radius 1 is 1.10 bits per heavy atom. The van der Waals surface area contributed by atoms with Crippen LogP contribution in [0.4, 0.5) is 11.5 Å². The van der Waals surface area contributed by atoms with Gasteiger partial charge in [0.1, 0.15) is 11.8 Å². The van der Waals surface area contributed by atoms with Crippen LogP contribution >= 0.6 is 12.4 Å². The van der Waals surface area contributed by atoms with Crippen molar-refractivity contribution in [3.63, 3.8) is 0 Å². The summed E-state index contributed by atoms with van der Waals surface area (Å²) in [5, 5.41) is 13.6. The summed E-state index contributed by atoms with van der Waals surface area (Å²) in [4.78, 5) is 18.2. The summed E-state index contributed by atoms with van der Waals surface area (Å²) in [7, 11) is 0. The van der Waals surface area contributed by atoms with E-state index >= 15 is 0 Å². The number of aromatic hydroxyl groups is 1. The standard InChI is InChI=1S/C13H10N6O.ClH/c20-10-4-7-3-8(1-2-9(7)19-10)18-13-11-12(15-5-14-11)16-6-17-13;/h1-6,19-20H,(H2,14,15,16,17,18);1H. The molecule has 0 aliphatic carbocycles. The number of aromatic nitrogens is 5. The topological polar surface area (TPSA) is 103 Å². The lowest BCUT2D eigenvalue weighted by atomic mass is 10.2. The number of fused-ring (bicyclic) bond motifs is 2. The van der Waals surface area contributed by atoms with E-state index in [1.807, 2.05) is 18.2 Å². The van der Waals surface area contributed by atoms with Crippen LogP contribution in [-0.2, 0) is 0 Å². The molecular formula is C13H11ClN6O. The van der Waals surface area contributed by atoms with Crippen LogP contribution in [0.5, 0.6) is 5.88 Å². The first-order valence-electron chi connectivity index (χ1n) is 6.02. The van der Waals surface area contributed by atoms with Crippen LogP contribution in [0.25, 0.3) is 22.1 Å². The number of anilines is 2. The predicted molar refractivity (Wildman–Crippen MR) is 82.2 cm³/mol. The van der Waals surface area contributed by atoms with E-state index < -0.39 is 0 Å². The van der Waals surface area contributed by atoms with Gasteiger partial charge in [0.2, 0.25) is 0 Å². The maximum atomic E-state index is 9.44. The number of benzene rings is 1. The highest BCUT2D eigenvalue weighted by molar-refractivity contribution is 5.88. The molecule has 0 aliphatic heterocycles. The van der Waals surface area contributed by atoms with E-state index in [1.54, 1.807) is 12.4 Å². The summed E-state index contributed by atoms with van der Waals surface area (Å²) in [6.07, 6.45) is 3.05. The molecule has 21 heavy (non-hydrogen) atoms. The van der Waals surface area contributed by atoms with Crippen LogP contribution in [0.3, 0.4) is 0 Å². The van der Waals surface area contributed by atoms with Gasteiger partial charge in [0, 0.05) is 22.7 Å². The maximum absolute atomic E-state index is 9.44. The van der Waals surface area contributed by atoms with Crippen molar-refractivity contribution in [3.05, 3.63) is 36.9 Å². The second-order valence-corrected chi connectivity index (χ2v) is 4.41. The van der Waals surface area contributed by atoms with Gasteiger partial charge >= 0.3 is 0 Å². The Bertz CT molecular complexity index is 915. The third-order valence-corrected chi connectivity index (χ3v) is 3.09. The summed E-state index contributed by atoms with van der Waals surface area (Å²) in [6.45, 7) is 0. The van der Waals surface area contributed by atoms with Crippen LogP contribution in [0.1, 0.15) is 0 Å². The first-order valence-corrected chi connectivity index (χ1v) is 6.02. The minimum atomic E-state index is 0. The highest BCUT2D eigenvalue weighted by Gasteiger charge is 2.07. The zero-order chi connectivity index (χ0) is 13.5. The first kappa shape index (κ1) is 13.2. The number of H-pyrrole nitrogens is 2. The van der Waals surface area contributed by atoms with Gasteiger partial charge in [-0.2, -0.15) is 0 Å². The number of nitrogens with one attached hydrogen (secondary N) is 3. The fourth-order valence-electron chi connectivity index (χ4n) is 2.19. The second-order valence-electron chi connectivity index (χ2n) is 4.41. The van der Waals surface area contributed by atoms with Gasteiger partial charge in [-0.05, 0) is 18.2 Å². The highest BCUT2D eigenvalue weighted by atomic mass is 35.5. The van der Waals surface area contributed by atoms with Crippen molar-refractivity contribution in [2.75, 3.05) is 5.32 Å². The monoisotopic (exact) mass is 302 g/mol. The number of halogens is 1. The Kier molecular flexibility index (Phi) is 3.11. The number of hydrogen-bond acceptors (Lipinski definition) is 5. The van der Waals surface area contributed by atoms with Crippen molar-refractivity contribution in [1.29, 1.82) is 0 Å². The number of aromatic amines is 2. The molecule has 3 heterocycles. The molecule has 7 nitrogen and oxygen atoms in total. The van der Waals surface area contributed by atoms with E-state index in [0.29, 0.717) is 11.5 Å². The van der Waals surface area contributed by atoms with Crippen molar-refractivity contribution < 1.29 is 5.11 Å². The van der Waals surface area contributed by atoms with E-state index in [1.165, 1.54) is 6.33 Å². The summed E-state index contributed by atoms with van der Waals surface area (Å²) in [5.74, 6) is 0.807. The van der Waals surface area contributed by atoms with Crippen LogP contribution in [0.2, 0.25) is 0 Å². The molecule has 4 N–H and O–H groups in total. The molecule has 0 amide bonds. The van der Waals surface area contributed by atoms with Crippen LogP contribution < -0.4 is 5.32 Å². The molecular weight excluding hydrogens is 292 g/mol. The molecule has 8 heteroatoms. The Balaban J connectivity index is 0.00000132. The molecule has 0 saturated heterocycles. The molecule has 0 aliphatic rings. The normalized spacial score (nSPS) is 10.7. The second kappa shape index (κ2) is 4.95. The molecule has 0 unspecified atom stereocenters. The van der Waals surface area contributed by atoms with Crippen molar-refractivity contribution in [2.45, 2.75) is 0 Å². The molecule has 0 spiro atoms. The van der Waals surface area contributed by atoms with E-state index in [9.17, 15) is 5.11 Å². The zero-order valence-corrected chi connectivity index (χ0v) is 11.5. The Hall–Kier alpha value is -2.80. The molecule has 0 bridgehead atoms. The Morgan fingerprint density at radius 3 is 2.90 bits per heavy atom. The van der Waals surface area contributed by atoms with Crippen molar-refractivity contribution in [3.8, 4) is 5.88 Å². The summed E-state index contributed by atoms with van der Waals surface area (Å²) < 4.78 is 0. The fourth-order valence-corrected chi connectivity index (χ4v) is 2.19. The molecule has 4 rings (SSSR count). The average molecular weight is 303 g/mol. The molecule has 3 aromatic heterocycles. The zero-order valence-electron chi connectivity index (χ0n) is 10.7. The van der Waals surface area contributed by atoms with Crippen LogP contribution in [-0.4, -0.2) is 30.0 Å². The average Bonchev–Trinajstić information content (AvgIpc) is 3.03. The molecule has 0 radical (unpaired) electrons. The number of hydrogen-bond donors (Lipinski definition) is 4. The summed E-state index contributed by atoms with van der Waals surface area (Å²) in [6, 6.07) is 7.40. The minimum Gasteiger partial charge on any atom is -0.495 e. The number of rotatable bonds is 2. The third-order valence-electron chi connectivity index (χ3n) is 3.09. The Labute approximate surface area is 124 Å². The lowest BCUT2D eigenvalue weighted by molar-refractivity contribution is 0.458. The molecule has 106 valence electrons. The smallest absolute Gasteiger partial charge is 0.189 e. The van der Waals surface area contributed by atoms with E-state index in [-0.39, 0.29) is 18.3 Å². The maximum Gasteiger partial charge on any atom is 0.189 e. The molecule has 4 aromatic rings.